The van der Waals surface area contributed by atoms with Gasteiger partial charge in [-0.3, -0.25) is 9.78 Å². The molecule has 0 N–H and O–H groups in total. The SMILES string of the molecule is Cc1ccoc1C(=O)N1C[C@H](OCc2ccccn2)[C@H]2OCCC[C@H]21. The number of carbonyl (C=O) groups is 1. The van der Waals surface area contributed by atoms with Crippen LogP contribution in [0.3, 0.4) is 0 Å². The van der Waals surface area contributed by atoms with Gasteiger partial charge in [-0.05, 0) is 38.0 Å². The molecular formula is C19H22N2O4. The summed E-state index contributed by atoms with van der Waals surface area (Å²) in [5.74, 6) is 0.335. The van der Waals surface area contributed by atoms with Gasteiger partial charge in [-0.2, -0.15) is 0 Å². The molecule has 2 aliphatic rings. The first-order valence-corrected chi connectivity index (χ1v) is 8.72. The molecule has 2 fully saturated rings. The number of fused-ring (bicyclic) bond motifs is 1. The summed E-state index contributed by atoms with van der Waals surface area (Å²) < 4.78 is 17.4. The normalized spacial score (nSPS) is 25.8. The van der Waals surface area contributed by atoms with Crippen molar-refractivity contribution < 1.29 is 18.7 Å². The summed E-state index contributed by atoms with van der Waals surface area (Å²) in [5, 5.41) is 0. The van der Waals surface area contributed by atoms with E-state index < -0.39 is 0 Å². The maximum Gasteiger partial charge on any atom is 0.290 e. The molecule has 4 heterocycles. The molecule has 0 bridgehead atoms. The number of furan rings is 1. The monoisotopic (exact) mass is 342 g/mol. The predicted molar refractivity (Wildman–Crippen MR) is 90.1 cm³/mol. The van der Waals surface area contributed by atoms with E-state index in [9.17, 15) is 4.79 Å². The molecule has 0 radical (unpaired) electrons. The van der Waals surface area contributed by atoms with E-state index in [-0.39, 0.29) is 24.2 Å². The summed E-state index contributed by atoms with van der Waals surface area (Å²) >= 11 is 0. The van der Waals surface area contributed by atoms with Crippen LogP contribution < -0.4 is 0 Å². The summed E-state index contributed by atoms with van der Waals surface area (Å²) in [4.78, 5) is 19.1. The van der Waals surface area contributed by atoms with Crippen molar-refractivity contribution in [2.75, 3.05) is 13.2 Å². The first-order chi connectivity index (χ1) is 12.2. The van der Waals surface area contributed by atoms with Gasteiger partial charge in [-0.25, -0.2) is 0 Å². The number of aromatic nitrogens is 1. The molecule has 6 heteroatoms. The van der Waals surface area contributed by atoms with Crippen LogP contribution in [0.15, 0.2) is 41.1 Å². The van der Waals surface area contributed by atoms with Gasteiger partial charge < -0.3 is 18.8 Å². The maximum absolute atomic E-state index is 12.9. The number of carbonyl (C=O) groups excluding carboxylic acids is 1. The molecule has 132 valence electrons. The van der Waals surface area contributed by atoms with Crippen molar-refractivity contribution in [1.82, 2.24) is 9.88 Å². The van der Waals surface area contributed by atoms with Crippen molar-refractivity contribution in [3.05, 3.63) is 53.7 Å². The smallest absolute Gasteiger partial charge is 0.290 e. The summed E-state index contributed by atoms with van der Waals surface area (Å²) in [5.41, 5.74) is 1.73. The van der Waals surface area contributed by atoms with Crippen molar-refractivity contribution in [2.45, 2.75) is 44.6 Å². The zero-order valence-electron chi connectivity index (χ0n) is 14.3. The lowest BCUT2D eigenvalue weighted by Crippen LogP contribution is -2.43. The Morgan fingerprint density at radius 1 is 1.40 bits per heavy atom. The number of amides is 1. The lowest BCUT2D eigenvalue weighted by molar-refractivity contribution is -0.0815. The number of hydrogen-bond acceptors (Lipinski definition) is 5. The van der Waals surface area contributed by atoms with Gasteiger partial charge in [0.2, 0.25) is 0 Å². The molecule has 2 saturated heterocycles. The third-order valence-corrected chi connectivity index (χ3v) is 4.97. The van der Waals surface area contributed by atoms with E-state index in [0.717, 1.165) is 24.1 Å². The van der Waals surface area contributed by atoms with Crippen LogP contribution in [0, 0.1) is 6.92 Å². The molecule has 6 nitrogen and oxygen atoms in total. The summed E-state index contributed by atoms with van der Waals surface area (Å²) in [6.07, 6.45) is 4.96. The van der Waals surface area contributed by atoms with E-state index >= 15 is 0 Å². The first-order valence-electron chi connectivity index (χ1n) is 8.72. The highest BCUT2D eigenvalue weighted by atomic mass is 16.5. The number of pyridine rings is 1. The Morgan fingerprint density at radius 3 is 3.08 bits per heavy atom. The zero-order chi connectivity index (χ0) is 17.2. The van der Waals surface area contributed by atoms with E-state index in [1.54, 1.807) is 12.5 Å². The first kappa shape index (κ1) is 16.3. The fourth-order valence-electron chi connectivity index (χ4n) is 3.69. The van der Waals surface area contributed by atoms with Crippen LogP contribution >= 0.6 is 0 Å². The minimum Gasteiger partial charge on any atom is -0.459 e. The molecule has 0 aromatic carbocycles. The Labute approximate surface area is 146 Å². The van der Waals surface area contributed by atoms with Gasteiger partial charge in [0, 0.05) is 18.4 Å². The predicted octanol–water partition coefficient (Wildman–Crippen LogP) is 2.57. The number of nitrogens with zero attached hydrogens (tertiary/aromatic N) is 2. The van der Waals surface area contributed by atoms with Crippen molar-refractivity contribution in [1.29, 1.82) is 0 Å². The number of ether oxygens (including phenoxy) is 2. The standard InChI is InChI=1S/C19H22N2O4/c1-13-7-10-24-17(13)19(22)21-11-16(18-15(21)6-4-9-23-18)25-12-14-5-2-3-8-20-14/h2-3,5,7-8,10,15-16,18H,4,6,9,11-12H2,1H3/t15-,16+,18+/m1/s1. The average molecular weight is 342 g/mol. The van der Waals surface area contributed by atoms with Gasteiger partial charge in [0.25, 0.3) is 5.91 Å². The molecule has 25 heavy (non-hydrogen) atoms. The third-order valence-electron chi connectivity index (χ3n) is 4.97. The Kier molecular flexibility index (Phi) is 4.55. The molecule has 1 amide bonds. The molecule has 2 aromatic heterocycles. The second kappa shape index (κ2) is 6.98. The second-order valence-electron chi connectivity index (χ2n) is 6.61. The van der Waals surface area contributed by atoms with Gasteiger partial charge >= 0.3 is 0 Å². The van der Waals surface area contributed by atoms with E-state index in [1.807, 2.05) is 36.1 Å². The molecule has 0 spiro atoms. The van der Waals surface area contributed by atoms with Crippen LogP contribution in [-0.2, 0) is 16.1 Å². The van der Waals surface area contributed by atoms with E-state index in [4.69, 9.17) is 13.9 Å². The zero-order valence-corrected chi connectivity index (χ0v) is 14.3. The minimum atomic E-state index is -0.147. The summed E-state index contributed by atoms with van der Waals surface area (Å²) in [6, 6.07) is 7.61. The van der Waals surface area contributed by atoms with Crippen molar-refractivity contribution in [2.24, 2.45) is 0 Å². The fourth-order valence-corrected chi connectivity index (χ4v) is 3.69. The fraction of sp³-hybridized carbons (Fsp3) is 0.474. The lowest BCUT2D eigenvalue weighted by Gasteiger charge is -2.31. The average Bonchev–Trinajstić information content (AvgIpc) is 3.24. The van der Waals surface area contributed by atoms with E-state index in [2.05, 4.69) is 4.98 Å². The summed E-state index contributed by atoms with van der Waals surface area (Å²) in [6.45, 7) is 3.53. The molecular weight excluding hydrogens is 320 g/mol. The van der Waals surface area contributed by atoms with Crippen molar-refractivity contribution in [3.8, 4) is 0 Å². The topological polar surface area (TPSA) is 64.8 Å². The Bertz CT molecular complexity index is 730. The van der Waals surface area contributed by atoms with Gasteiger partial charge in [0.15, 0.2) is 5.76 Å². The number of rotatable bonds is 4. The molecule has 0 unspecified atom stereocenters. The van der Waals surface area contributed by atoms with Gasteiger partial charge in [0.05, 0.1) is 31.2 Å². The third kappa shape index (κ3) is 3.19. The van der Waals surface area contributed by atoms with Gasteiger partial charge in [-0.1, -0.05) is 6.07 Å². The van der Waals surface area contributed by atoms with Crippen LogP contribution in [0.25, 0.3) is 0 Å². The van der Waals surface area contributed by atoms with E-state index in [0.29, 0.717) is 25.5 Å². The molecule has 3 atom stereocenters. The second-order valence-corrected chi connectivity index (χ2v) is 6.61. The van der Waals surface area contributed by atoms with Crippen LogP contribution in [0.5, 0.6) is 0 Å². The molecule has 4 rings (SSSR count). The minimum absolute atomic E-state index is 0.0412. The van der Waals surface area contributed by atoms with Crippen LogP contribution in [0.4, 0.5) is 0 Å². The molecule has 0 aliphatic carbocycles. The number of aryl methyl sites for hydroxylation is 1. The van der Waals surface area contributed by atoms with Crippen LogP contribution in [0.2, 0.25) is 0 Å². The largest absolute Gasteiger partial charge is 0.459 e. The highest BCUT2D eigenvalue weighted by Gasteiger charge is 2.47. The van der Waals surface area contributed by atoms with Gasteiger partial charge in [0.1, 0.15) is 12.2 Å². The van der Waals surface area contributed by atoms with Crippen LogP contribution in [-0.4, -0.2) is 47.2 Å². The molecule has 0 saturated carbocycles. The Hall–Kier alpha value is -2.18. The quantitative estimate of drug-likeness (QED) is 0.854. The van der Waals surface area contributed by atoms with Gasteiger partial charge in [-0.15, -0.1) is 0 Å². The lowest BCUT2D eigenvalue weighted by atomic mass is 10.0. The highest BCUT2D eigenvalue weighted by molar-refractivity contribution is 5.93. The summed E-state index contributed by atoms with van der Waals surface area (Å²) in [7, 11) is 0. The Balaban J connectivity index is 1.49. The highest BCUT2D eigenvalue weighted by Crippen LogP contribution is 2.32. The number of likely N-dealkylation sites (tertiary alicyclic amines) is 1. The molecule has 2 aromatic rings. The van der Waals surface area contributed by atoms with Crippen LogP contribution in [0.1, 0.15) is 34.7 Å². The Morgan fingerprint density at radius 2 is 2.32 bits per heavy atom. The van der Waals surface area contributed by atoms with Crippen molar-refractivity contribution >= 4 is 5.91 Å². The molecule has 2 aliphatic heterocycles. The maximum atomic E-state index is 12.9. The van der Waals surface area contributed by atoms with Crippen molar-refractivity contribution in [3.63, 3.8) is 0 Å². The van der Waals surface area contributed by atoms with E-state index in [1.165, 1.54) is 0 Å². The number of hydrogen-bond donors (Lipinski definition) is 0.